The second-order valence-electron chi connectivity index (χ2n) is 4.50. The minimum absolute atomic E-state index is 0.145. The SMILES string of the molecule is COC(=O)c1cc(N(CC(N)=O)CC(N)=O)cc(C)c1N. The molecule has 6 N–H and O–H groups in total. The molecule has 8 nitrogen and oxygen atoms in total. The fourth-order valence-electron chi connectivity index (χ4n) is 1.86. The van der Waals surface area contributed by atoms with Crippen LogP contribution < -0.4 is 22.1 Å². The Balaban J connectivity index is 3.30. The lowest BCUT2D eigenvalue weighted by Gasteiger charge is -2.23. The van der Waals surface area contributed by atoms with E-state index in [1.807, 2.05) is 0 Å². The highest BCUT2D eigenvalue weighted by Crippen LogP contribution is 2.26. The molecule has 0 radical (unpaired) electrons. The van der Waals surface area contributed by atoms with Crippen LogP contribution in [0.2, 0.25) is 0 Å². The molecule has 0 aliphatic carbocycles. The Labute approximate surface area is 121 Å². The number of nitrogens with zero attached hydrogens (tertiary/aromatic N) is 1. The zero-order valence-corrected chi connectivity index (χ0v) is 11.9. The molecule has 1 rings (SSSR count). The Bertz CT molecular complexity index is 570. The number of ether oxygens (including phenoxy) is 1. The predicted molar refractivity (Wildman–Crippen MR) is 77.5 cm³/mol. The van der Waals surface area contributed by atoms with Gasteiger partial charge in [-0.15, -0.1) is 0 Å². The number of esters is 1. The second kappa shape index (κ2) is 6.60. The molecule has 0 unspecified atom stereocenters. The van der Waals surface area contributed by atoms with E-state index in [1.165, 1.54) is 18.1 Å². The largest absolute Gasteiger partial charge is 0.465 e. The minimum Gasteiger partial charge on any atom is -0.465 e. The van der Waals surface area contributed by atoms with E-state index in [2.05, 4.69) is 4.74 Å². The number of anilines is 2. The van der Waals surface area contributed by atoms with Crippen molar-refractivity contribution < 1.29 is 19.1 Å². The number of primary amides is 2. The molecule has 0 saturated carbocycles. The normalized spacial score (nSPS) is 10.0. The molecule has 0 aliphatic rings. The monoisotopic (exact) mass is 294 g/mol. The lowest BCUT2D eigenvalue weighted by molar-refractivity contribution is -0.117. The molecule has 21 heavy (non-hydrogen) atoms. The topological polar surface area (TPSA) is 142 Å². The van der Waals surface area contributed by atoms with Gasteiger partial charge in [-0.05, 0) is 24.6 Å². The number of aryl methyl sites for hydroxylation is 1. The van der Waals surface area contributed by atoms with E-state index in [1.54, 1.807) is 13.0 Å². The van der Waals surface area contributed by atoms with Crippen LogP contribution in [0.15, 0.2) is 12.1 Å². The van der Waals surface area contributed by atoms with Crippen molar-refractivity contribution in [2.45, 2.75) is 6.92 Å². The van der Waals surface area contributed by atoms with Crippen LogP contribution in [0.3, 0.4) is 0 Å². The first kappa shape index (κ1) is 16.3. The molecule has 0 atom stereocenters. The summed E-state index contributed by atoms with van der Waals surface area (Å²) >= 11 is 0. The van der Waals surface area contributed by atoms with Gasteiger partial charge in [-0.2, -0.15) is 0 Å². The molecule has 0 spiro atoms. The second-order valence-corrected chi connectivity index (χ2v) is 4.50. The maximum Gasteiger partial charge on any atom is 0.340 e. The van der Waals surface area contributed by atoms with Crippen molar-refractivity contribution in [2.75, 3.05) is 30.8 Å². The van der Waals surface area contributed by atoms with Crippen molar-refractivity contribution >= 4 is 29.2 Å². The van der Waals surface area contributed by atoms with Gasteiger partial charge in [0.1, 0.15) is 0 Å². The van der Waals surface area contributed by atoms with E-state index in [4.69, 9.17) is 17.2 Å². The summed E-state index contributed by atoms with van der Waals surface area (Å²) < 4.78 is 4.65. The summed E-state index contributed by atoms with van der Waals surface area (Å²) in [5.41, 5.74) is 17.6. The first-order valence-electron chi connectivity index (χ1n) is 6.06. The standard InChI is InChI=1S/C13H18N4O4/c1-7-3-8(4-9(12(7)16)13(20)21-2)17(5-10(14)18)6-11(15)19/h3-4H,5-6,16H2,1-2H3,(H2,14,18)(H2,15,19). The van der Waals surface area contributed by atoms with Gasteiger partial charge in [0.2, 0.25) is 11.8 Å². The Morgan fingerprint density at radius 2 is 1.67 bits per heavy atom. The van der Waals surface area contributed by atoms with Crippen LogP contribution in [0.4, 0.5) is 11.4 Å². The molecule has 2 amide bonds. The third kappa shape index (κ3) is 4.10. The number of methoxy groups -OCH3 is 1. The molecule has 8 heteroatoms. The Hall–Kier alpha value is -2.77. The minimum atomic E-state index is -0.634. The quantitative estimate of drug-likeness (QED) is 0.460. The first-order chi connectivity index (χ1) is 9.76. The van der Waals surface area contributed by atoms with Crippen molar-refractivity contribution in [3.63, 3.8) is 0 Å². The maximum absolute atomic E-state index is 11.7. The van der Waals surface area contributed by atoms with Crippen LogP contribution in [-0.2, 0) is 14.3 Å². The zero-order chi connectivity index (χ0) is 16.2. The zero-order valence-electron chi connectivity index (χ0n) is 11.9. The first-order valence-corrected chi connectivity index (χ1v) is 6.06. The number of nitrogen functional groups attached to an aromatic ring is 1. The molecule has 1 aromatic carbocycles. The molecular formula is C13H18N4O4. The van der Waals surface area contributed by atoms with Crippen molar-refractivity contribution in [1.29, 1.82) is 0 Å². The molecule has 0 aromatic heterocycles. The number of carbonyl (C=O) groups excluding carboxylic acids is 3. The molecule has 0 heterocycles. The summed E-state index contributed by atoms with van der Waals surface area (Å²) in [7, 11) is 1.23. The van der Waals surface area contributed by atoms with Gasteiger partial charge in [-0.3, -0.25) is 9.59 Å². The Kier molecular flexibility index (Phi) is 5.12. The van der Waals surface area contributed by atoms with Crippen LogP contribution in [0.25, 0.3) is 0 Å². The fraction of sp³-hybridized carbons (Fsp3) is 0.308. The van der Waals surface area contributed by atoms with Gasteiger partial charge in [0, 0.05) is 11.4 Å². The summed E-state index contributed by atoms with van der Waals surface area (Å²) in [5.74, 6) is -1.88. The smallest absolute Gasteiger partial charge is 0.340 e. The maximum atomic E-state index is 11.7. The van der Waals surface area contributed by atoms with Crippen molar-refractivity contribution in [1.82, 2.24) is 0 Å². The van der Waals surface area contributed by atoms with Gasteiger partial charge in [0.25, 0.3) is 0 Å². The van der Waals surface area contributed by atoms with E-state index in [0.29, 0.717) is 11.3 Å². The third-order valence-electron chi connectivity index (χ3n) is 2.84. The lowest BCUT2D eigenvalue weighted by atomic mass is 10.1. The number of carbonyl (C=O) groups is 3. The number of nitrogens with two attached hydrogens (primary N) is 3. The van der Waals surface area contributed by atoms with Gasteiger partial charge in [-0.25, -0.2) is 4.79 Å². The summed E-state index contributed by atoms with van der Waals surface area (Å²) in [6.07, 6.45) is 0. The number of amides is 2. The Morgan fingerprint density at radius 3 is 2.10 bits per heavy atom. The highest BCUT2D eigenvalue weighted by molar-refractivity contribution is 5.97. The van der Waals surface area contributed by atoms with Crippen molar-refractivity contribution in [3.05, 3.63) is 23.3 Å². The highest BCUT2D eigenvalue weighted by Gasteiger charge is 2.18. The van der Waals surface area contributed by atoms with Gasteiger partial charge < -0.3 is 26.8 Å². The van der Waals surface area contributed by atoms with Crippen LogP contribution in [-0.4, -0.2) is 38.0 Å². The van der Waals surface area contributed by atoms with E-state index >= 15 is 0 Å². The molecule has 0 aliphatic heterocycles. The molecule has 0 bridgehead atoms. The molecule has 114 valence electrons. The van der Waals surface area contributed by atoms with Crippen molar-refractivity contribution in [3.8, 4) is 0 Å². The molecular weight excluding hydrogens is 276 g/mol. The summed E-state index contributed by atoms with van der Waals surface area (Å²) in [6.45, 7) is 1.26. The van der Waals surface area contributed by atoms with E-state index in [9.17, 15) is 14.4 Å². The van der Waals surface area contributed by atoms with Gasteiger partial charge in [-0.1, -0.05) is 0 Å². The molecule has 1 aromatic rings. The molecule has 0 fully saturated rings. The Morgan fingerprint density at radius 1 is 1.14 bits per heavy atom. The number of benzene rings is 1. The summed E-state index contributed by atoms with van der Waals surface area (Å²) in [6, 6.07) is 3.06. The third-order valence-corrected chi connectivity index (χ3v) is 2.84. The van der Waals surface area contributed by atoms with Crippen LogP contribution >= 0.6 is 0 Å². The molecule has 0 saturated heterocycles. The van der Waals surface area contributed by atoms with Gasteiger partial charge in [0.15, 0.2) is 0 Å². The fourth-order valence-corrected chi connectivity index (χ4v) is 1.86. The summed E-state index contributed by atoms with van der Waals surface area (Å²) in [4.78, 5) is 35.3. The number of hydrogen-bond donors (Lipinski definition) is 3. The number of rotatable bonds is 6. The summed E-state index contributed by atoms with van der Waals surface area (Å²) in [5, 5.41) is 0. The van der Waals surface area contributed by atoms with Crippen LogP contribution in [0.5, 0.6) is 0 Å². The van der Waals surface area contributed by atoms with Gasteiger partial charge >= 0.3 is 5.97 Å². The lowest BCUT2D eigenvalue weighted by Crippen LogP contribution is -2.39. The average molecular weight is 294 g/mol. The van der Waals surface area contributed by atoms with Crippen LogP contribution in [0, 0.1) is 6.92 Å². The van der Waals surface area contributed by atoms with Gasteiger partial charge in [0.05, 0.1) is 25.8 Å². The highest BCUT2D eigenvalue weighted by atomic mass is 16.5. The number of hydrogen-bond acceptors (Lipinski definition) is 6. The van der Waals surface area contributed by atoms with E-state index < -0.39 is 17.8 Å². The average Bonchev–Trinajstić information content (AvgIpc) is 2.39. The predicted octanol–water partition coefficient (Wildman–Crippen LogP) is -0.859. The van der Waals surface area contributed by atoms with Crippen LogP contribution in [0.1, 0.15) is 15.9 Å². The van der Waals surface area contributed by atoms with Crippen molar-refractivity contribution in [2.24, 2.45) is 11.5 Å². The van der Waals surface area contributed by atoms with E-state index in [0.717, 1.165) is 0 Å². The van der Waals surface area contributed by atoms with E-state index in [-0.39, 0.29) is 24.3 Å².